The van der Waals surface area contributed by atoms with Crippen molar-refractivity contribution in [2.45, 2.75) is 90.4 Å². The molecule has 3 atom stereocenters. The van der Waals surface area contributed by atoms with Crippen LogP contribution in [0.25, 0.3) is 0 Å². The minimum Gasteiger partial charge on any atom is -0.481 e. The molecule has 1 aliphatic rings. The van der Waals surface area contributed by atoms with Gasteiger partial charge in [0, 0.05) is 0 Å². The number of carbonyl (C=O) groups is 4. The van der Waals surface area contributed by atoms with E-state index in [0.717, 1.165) is 38.5 Å². The summed E-state index contributed by atoms with van der Waals surface area (Å²) in [6.07, 6.45) is 10.9. The van der Waals surface area contributed by atoms with E-state index in [1.165, 1.54) is 19.3 Å². The summed E-state index contributed by atoms with van der Waals surface area (Å²) in [7, 11) is 0. The summed E-state index contributed by atoms with van der Waals surface area (Å²) >= 11 is 0. The summed E-state index contributed by atoms with van der Waals surface area (Å²) in [4.78, 5) is 43.8. The van der Waals surface area contributed by atoms with Crippen molar-refractivity contribution in [1.29, 1.82) is 0 Å². The quantitative estimate of drug-likeness (QED) is 0.201. The van der Waals surface area contributed by atoms with Gasteiger partial charge in [-0.05, 0) is 37.0 Å². The Kier molecular flexibility index (Phi) is 12.2. The summed E-state index contributed by atoms with van der Waals surface area (Å²) in [5.41, 5.74) is 0. The van der Waals surface area contributed by atoms with Crippen molar-refractivity contribution in [3.05, 3.63) is 0 Å². The molecule has 0 spiro atoms. The van der Waals surface area contributed by atoms with Gasteiger partial charge in [-0.1, -0.05) is 71.1 Å². The van der Waals surface area contributed by atoms with Crippen LogP contribution in [-0.4, -0.2) is 44.3 Å². The lowest BCUT2D eigenvalue weighted by atomic mass is 9.69. The molecular formula is C23H38O8. The van der Waals surface area contributed by atoms with Gasteiger partial charge in [0.2, 0.25) is 0 Å². The standard InChI is InChI=1S/C23H38O8/c1-15-9-8-11-16(10-4-2-6-13-18(20(24)25)21(26)27)17(15)12-5-3-7-14-19(22(28)29)23(30)31/h15-19H,2-14H2,1H3,(H,24,25)(H,26,27)(H,28,29)(H,30,31). The van der Waals surface area contributed by atoms with E-state index >= 15 is 0 Å². The van der Waals surface area contributed by atoms with Crippen molar-refractivity contribution in [1.82, 2.24) is 0 Å². The van der Waals surface area contributed by atoms with E-state index in [1.807, 2.05) is 0 Å². The van der Waals surface area contributed by atoms with E-state index < -0.39 is 35.7 Å². The highest BCUT2D eigenvalue weighted by Gasteiger charge is 2.30. The fourth-order valence-corrected chi connectivity index (χ4v) is 5.02. The summed E-state index contributed by atoms with van der Waals surface area (Å²) in [6, 6.07) is 0. The third-order valence-electron chi connectivity index (χ3n) is 6.86. The Labute approximate surface area is 184 Å². The normalized spacial score (nSPS) is 21.3. The molecule has 0 aliphatic heterocycles. The highest BCUT2D eigenvalue weighted by atomic mass is 16.4. The lowest BCUT2D eigenvalue weighted by Gasteiger charge is -2.37. The van der Waals surface area contributed by atoms with Crippen molar-refractivity contribution in [2.75, 3.05) is 0 Å². The van der Waals surface area contributed by atoms with Crippen molar-refractivity contribution < 1.29 is 39.6 Å². The van der Waals surface area contributed by atoms with Crippen LogP contribution >= 0.6 is 0 Å². The lowest BCUT2D eigenvalue weighted by molar-refractivity contribution is -0.156. The van der Waals surface area contributed by atoms with Gasteiger partial charge in [0.05, 0.1) is 0 Å². The Hall–Kier alpha value is -2.12. The Balaban J connectivity index is 2.35. The van der Waals surface area contributed by atoms with Crippen LogP contribution in [0.4, 0.5) is 0 Å². The number of carboxylic acids is 4. The van der Waals surface area contributed by atoms with Crippen LogP contribution in [0.15, 0.2) is 0 Å². The van der Waals surface area contributed by atoms with Gasteiger partial charge in [-0.2, -0.15) is 0 Å². The Morgan fingerprint density at radius 3 is 1.58 bits per heavy atom. The molecule has 0 bridgehead atoms. The minimum absolute atomic E-state index is 0.169. The van der Waals surface area contributed by atoms with Gasteiger partial charge in [-0.3, -0.25) is 19.2 Å². The molecule has 1 aliphatic carbocycles. The summed E-state index contributed by atoms with van der Waals surface area (Å²) in [5, 5.41) is 35.7. The van der Waals surface area contributed by atoms with Crippen LogP contribution in [0.5, 0.6) is 0 Å². The smallest absolute Gasteiger partial charge is 0.317 e. The maximum Gasteiger partial charge on any atom is 0.317 e. The average Bonchev–Trinajstić information content (AvgIpc) is 2.67. The minimum atomic E-state index is -1.32. The fraction of sp³-hybridized carbons (Fsp3) is 0.826. The van der Waals surface area contributed by atoms with E-state index in [1.54, 1.807) is 0 Å². The third-order valence-corrected chi connectivity index (χ3v) is 6.86. The van der Waals surface area contributed by atoms with Gasteiger partial charge in [0.15, 0.2) is 11.8 Å². The number of unbranched alkanes of at least 4 members (excludes halogenated alkanes) is 4. The number of aliphatic carboxylic acids is 4. The molecule has 4 N–H and O–H groups in total. The second-order valence-corrected chi connectivity index (χ2v) is 9.07. The van der Waals surface area contributed by atoms with Crippen molar-refractivity contribution in [2.24, 2.45) is 29.6 Å². The summed E-state index contributed by atoms with van der Waals surface area (Å²) < 4.78 is 0. The second kappa shape index (κ2) is 14.0. The molecule has 0 aromatic heterocycles. The van der Waals surface area contributed by atoms with Crippen LogP contribution in [0.1, 0.15) is 90.4 Å². The monoisotopic (exact) mass is 442 g/mol. The zero-order chi connectivity index (χ0) is 23.4. The van der Waals surface area contributed by atoms with Crippen LogP contribution in [0.2, 0.25) is 0 Å². The van der Waals surface area contributed by atoms with E-state index in [4.69, 9.17) is 20.4 Å². The molecule has 0 radical (unpaired) electrons. The van der Waals surface area contributed by atoms with Gasteiger partial charge in [0.25, 0.3) is 0 Å². The Morgan fingerprint density at radius 2 is 1.13 bits per heavy atom. The molecule has 0 aromatic rings. The van der Waals surface area contributed by atoms with E-state index in [2.05, 4.69) is 6.92 Å². The second-order valence-electron chi connectivity index (χ2n) is 9.07. The molecule has 1 fully saturated rings. The molecule has 0 amide bonds. The van der Waals surface area contributed by atoms with Crippen molar-refractivity contribution >= 4 is 23.9 Å². The molecule has 31 heavy (non-hydrogen) atoms. The first-order valence-corrected chi connectivity index (χ1v) is 11.6. The fourth-order valence-electron chi connectivity index (χ4n) is 5.02. The number of hydrogen-bond donors (Lipinski definition) is 4. The molecule has 1 saturated carbocycles. The van der Waals surface area contributed by atoms with Gasteiger partial charge in [-0.25, -0.2) is 0 Å². The van der Waals surface area contributed by atoms with E-state index in [-0.39, 0.29) is 12.8 Å². The molecule has 0 heterocycles. The van der Waals surface area contributed by atoms with Crippen molar-refractivity contribution in [3.8, 4) is 0 Å². The highest BCUT2D eigenvalue weighted by Crippen LogP contribution is 2.40. The molecule has 0 aromatic carbocycles. The van der Waals surface area contributed by atoms with Gasteiger partial charge in [0.1, 0.15) is 0 Å². The highest BCUT2D eigenvalue weighted by molar-refractivity contribution is 5.93. The van der Waals surface area contributed by atoms with Crippen LogP contribution < -0.4 is 0 Å². The number of carboxylic acid groups (broad SMARTS) is 4. The predicted octanol–water partition coefficient (Wildman–Crippen LogP) is 4.51. The summed E-state index contributed by atoms with van der Waals surface area (Å²) in [5.74, 6) is -5.87. The van der Waals surface area contributed by atoms with Gasteiger partial charge >= 0.3 is 23.9 Å². The zero-order valence-electron chi connectivity index (χ0n) is 18.5. The molecule has 0 saturated heterocycles. The first-order chi connectivity index (χ1) is 14.6. The predicted molar refractivity (Wildman–Crippen MR) is 114 cm³/mol. The number of hydrogen-bond acceptors (Lipinski definition) is 4. The molecule has 3 unspecified atom stereocenters. The maximum absolute atomic E-state index is 10.9. The largest absolute Gasteiger partial charge is 0.481 e. The van der Waals surface area contributed by atoms with Crippen LogP contribution in [0, 0.1) is 29.6 Å². The zero-order valence-corrected chi connectivity index (χ0v) is 18.5. The molecule has 1 rings (SSSR count). The third kappa shape index (κ3) is 9.70. The Bertz CT molecular complexity index is 574. The average molecular weight is 443 g/mol. The van der Waals surface area contributed by atoms with E-state index in [9.17, 15) is 19.2 Å². The summed E-state index contributed by atoms with van der Waals surface area (Å²) in [6.45, 7) is 2.28. The first-order valence-electron chi connectivity index (χ1n) is 11.6. The maximum atomic E-state index is 10.9. The molecule has 8 nitrogen and oxygen atoms in total. The molecular weight excluding hydrogens is 404 g/mol. The van der Waals surface area contributed by atoms with Gasteiger partial charge in [-0.15, -0.1) is 0 Å². The topological polar surface area (TPSA) is 149 Å². The molecule has 178 valence electrons. The van der Waals surface area contributed by atoms with Crippen LogP contribution in [-0.2, 0) is 19.2 Å². The SMILES string of the molecule is CC1CCCC(CCCCCC(C(=O)O)C(=O)O)C1CCCCCC(C(=O)O)C(=O)O. The Morgan fingerprint density at radius 1 is 0.677 bits per heavy atom. The first kappa shape index (κ1) is 26.9. The lowest BCUT2D eigenvalue weighted by Crippen LogP contribution is -2.27. The van der Waals surface area contributed by atoms with Gasteiger partial charge < -0.3 is 20.4 Å². The van der Waals surface area contributed by atoms with Crippen molar-refractivity contribution in [3.63, 3.8) is 0 Å². The van der Waals surface area contributed by atoms with Crippen LogP contribution in [0.3, 0.4) is 0 Å². The van der Waals surface area contributed by atoms with E-state index in [0.29, 0.717) is 30.6 Å². The number of rotatable bonds is 16. The molecule has 8 heteroatoms.